The van der Waals surface area contributed by atoms with Crippen molar-refractivity contribution in [1.82, 2.24) is 19.4 Å². The molecule has 0 spiro atoms. The van der Waals surface area contributed by atoms with Crippen LogP contribution in [0, 0.1) is 0 Å². The van der Waals surface area contributed by atoms with Crippen LogP contribution < -0.4 is 5.73 Å². The summed E-state index contributed by atoms with van der Waals surface area (Å²) in [5, 5.41) is 0. The molecule has 5 nitrogen and oxygen atoms in total. The lowest BCUT2D eigenvalue weighted by Gasteiger charge is -2.26. The van der Waals surface area contributed by atoms with Crippen LogP contribution in [0.5, 0.6) is 0 Å². The molecule has 5 heteroatoms. The number of likely N-dealkylation sites (tertiary alicyclic amines) is 1. The maximum absolute atomic E-state index is 6.13. The van der Waals surface area contributed by atoms with Crippen LogP contribution in [0.1, 0.15) is 19.3 Å². The van der Waals surface area contributed by atoms with E-state index in [-0.39, 0.29) is 0 Å². The predicted octanol–water partition coefficient (Wildman–Crippen LogP) is 3.17. The van der Waals surface area contributed by atoms with Crippen molar-refractivity contribution in [3.63, 3.8) is 0 Å². The molecule has 1 aliphatic heterocycles. The third-order valence-corrected chi connectivity index (χ3v) is 4.79. The van der Waals surface area contributed by atoms with Gasteiger partial charge in [-0.15, -0.1) is 0 Å². The fourth-order valence-corrected chi connectivity index (χ4v) is 3.48. The number of hydrogen-bond acceptors (Lipinski definition) is 4. The van der Waals surface area contributed by atoms with Crippen LogP contribution in [0.25, 0.3) is 22.6 Å². The van der Waals surface area contributed by atoms with Crippen LogP contribution in [0.2, 0.25) is 0 Å². The number of rotatable bonds is 4. The summed E-state index contributed by atoms with van der Waals surface area (Å²) in [7, 11) is 0. The zero-order valence-corrected chi connectivity index (χ0v) is 13.9. The number of fused-ring (bicyclic) bond motifs is 1. The molecule has 24 heavy (non-hydrogen) atoms. The zero-order valence-electron chi connectivity index (χ0n) is 13.9. The normalized spacial score (nSPS) is 15.8. The molecule has 1 aromatic carbocycles. The van der Waals surface area contributed by atoms with E-state index in [4.69, 9.17) is 10.7 Å². The van der Waals surface area contributed by atoms with Gasteiger partial charge in [0.2, 0.25) is 0 Å². The molecule has 0 bridgehead atoms. The summed E-state index contributed by atoms with van der Waals surface area (Å²) >= 11 is 0. The standard InChI is InChI=1S/C19H23N5/c20-16-9-10-21-19-17(16)22-18(15-7-3-1-4-8-15)24(19)14-13-23-11-5-2-6-12-23/h1,3-4,7-10H,2,5-6,11-14H2,(H2,20,21). The molecule has 1 fully saturated rings. The average Bonchev–Trinajstić information content (AvgIpc) is 3.02. The molecule has 0 atom stereocenters. The molecule has 0 saturated carbocycles. The molecule has 3 aromatic rings. The fraction of sp³-hybridized carbons (Fsp3) is 0.368. The zero-order chi connectivity index (χ0) is 16.4. The molecule has 124 valence electrons. The van der Waals surface area contributed by atoms with Gasteiger partial charge < -0.3 is 15.2 Å². The van der Waals surface area contributed by atoms with Crippen molar-refractivity contribution in [2.24, 2.45) is 0 Å². The third-order valence-electron chi connectivity index (χ3n) is 4.79. The van der Waals surface area contributed by atoms with Gasteiger partial charge in [0, 0.05) is 24.8 Å². The topological polar surface area (TPSA) is 60.0 Å². The summed E-state index contributed by atoms with van der Waals surface area (Å²) < 4.78 is 2.22. The Morgan fingerprint density at radius 1 is 0.958 bits per heavy atom. The quantitative estimate of drug-likeness (QED) is 0.802. The minimum absolute atomic E-state index is 0.689. The molecule has 1 saturated heterocycles. The summed E-state index contributed by atoms with van der Waals surface area (Å²) in [5.74, 6) is 0.952. The number of benzene rings is 1. The smallest absolute Gasteiger partial charge is 0.162 e. The Labute approximate surface area is 142 Å². The second-order valence-corrected chi connectivity index (χ2v) is 6.43. The van der Waals surface area contributed by atoms with Crippen molar-refractivity contribution >= 4 is 16.9 Å². The number of nitrogens with two attached hydrogens (primary N) is 1. The molecule has 2 N–H and O–H groups in total. The van der Waals surface area contributed by atoms with Gasteiger partial charge in [-0.25, -0.2) is 9.97 Å². The fourth-order valence-electron chi connectivity index (χ4n) is 3.48. The highest BCUT2D eigenvalue weighted by atomic mass is 15.2. The first-order chi connectivity index (χ1) is 11.8. The summed E-state index contributed by atoms with van der Waals surface area (Å²) in [6, 6.07) is 12.1. The minimum atomic E-state index is 0.689. The number of anilines is 1. The number of nitrogen functional groups attached to an aromatic ring is 1. The molecule has 1 aliphatic rings. The molecule has 0 amide bonds. The number of pyridine rings is 1. The Morgan fingerprint density at radius 2 is 1.75 bits per heavy atom. The van der Waals surface area contributed by atoms with E-state index in [1.807, 2.05) is 24.3 Å². The molecular formula is C19H23N5. The monoisotopic (exact) mass is 321 g/mol. The van der Waals surface area contributed by atoms with Gasteiger partial charge in [-0.1, -0.05) is 36.8 Å². The maximum atomic E-state index is 6.13. The predicted molar refractivity (Wildman–Crippen MR) is 97.7 cm³/mol. The van der Waals surface area contributed by atoms with E-state index in [1.54, 1.807) is 6.20 Å². The van der Waals surface area contributed by atoms with E-state index in [2.05, 4.69) is 26.6 Å². The Balaban J connectivity index is 1.72. The van der Waals surface area contributed by atoms with E-state index >= 15 is 0 Å². The first-order valence-electron chi connectivity index (χ1n) is 8.71. The lowest BCUT2D eigenvalue weighted by Crippen LogP contribution is -2.32. The maximum Gasteiger partial charge on any atom is 0.162 e. The van der Waals surface area contributed by atoms with Gasteiger partial charge in [0.1, 0.15) is 11.3 Å². The van der Waals surface area contributed by atoms with Gasteiger partial charge in [-0.05, 0) is 32.0 Å². The highest BCUT2D eigenvalue weighted by molar-refractivity contribution is 5.87. The Morgan fingerprint density at radius 3 is 2.54 bits per heavy atom. The molecule has 2 aromatic heterocycles. The van der Waals surface area contributed by atoms with E-state index in [0.29, 0.717) is 5.69 Å². The minimum Gasteiger partial charge on any atom is -0.397 e. The van der Waals surface area contributed by atoms with Crippen molar-refractivity contribution in [3.8, 4) is 11.4 Å². The summed E-state index contributed by atoms with van der Waals surface area (Å²) in [4.78, 5) is 11.9. The third kappa shape index (κ3) is 2.87. The number of aromatic nitrogens is 3. The van der Waals surface area contributed by atoms with Gasteiger partial charge in [0.25, 0.3) is 0 Å². The van der Waals surface area contributed by atoms with Gasteiger partial charge in [0.05, 0.1) is 5.69 Å². The Hall–Kier alpha value is -2.40. The Bertz CT molecular complexity index is 818. The molecule has 0 unspecified atom stereocenters. The highest BCUT2D eigenvalue weighted by Crippen LogP contribution is 2.26. The van der Waals surface area contributed by atoms with Crippen LogP contribution in [-0.2, 0) is 6.54 Å². The van der Waals surface area contributed by atoms with Gasteiger partial charge in [0.15, 0.2) is 5.65 Å². The molecule has 4 rings (SSSR count). The first kappa shape index (κ1) is 15.1. The van der Waals surface area contributed by atoms with Gasteiger partial charge in [-0.2, -0.15) is 0 Å². The van der Waals surface area contributed by atoms with Gasteiger partial charge >= 0.3 is 0 Å². The van der Waals surface area contributed by atoms with Crippen LogP contribution in [0.3, 0.4) is 0 Å². The van der Waals surface area contributed by atoms with E-state index in [1.165, 1.54) is 32.4 Å². The summed E-state index contributed by atoms with van der Waals surface area (Å²) in [5.41, 5.74) is 9.60. The van der Waals surface area contributed by atoms with Crippen molar-refractivity contribution in [2.75, 3.05) is 25.4 Å². The second kappa shape index (κ2) is 6.61. The van der Waals surface area contributed by atoms with E-state index in [0.717, 1.165) is 35.6 Å². The molecule has 0 aliphatic carbocycles. The molecule has 0 radical (unpaired) electrons. The van der Waals surface area contributed by atoms with Crippen LogP contribution >= 0.6 is 0 Å². The van der Waals surface area contributed by atoms with E-state index < -0.39 is 0 Å². The lowest BCUT2D eigenvalue weighted by atomic mass is 10.1. The van der Waals surface area contributed by atoms with Crippen LogP contribution in [0.4, 0.5) is 5.69 Å². The SMILES string of the molecule is Nc1ccnc2c1nc(-c1ccccc1)n2CCN1CCCCC1. The largest absolute Gasteiger partial charge is 0.397 e. The number of imidazole rings is 1. The number of nitrogens with zero attached hydrogens (tertiary/aromatic N) is 4. The van der Waals surface area contributed by atoms with Gasteiger partial charge in [-0.3, -0.25) is 0 Å². The lowest BCUT2D eigenvalue weighted by molar-refractivity contribution is 0.222. The molecular weight excluding hydrogens is 298 g/mol. The summed E-state index contributed by atoms with van der Waals surface area (Å²) in [6.45, 7) is 4.31. The van der Waals surface area contributed by atoms with Crippen LogP contribution in [0.15, 0.2) is 42.6 Å². The average molecular weight is 321 g/mol. The molecule has 3 heterocycles. The number of hydrogen-bond donors (Lipinski definition) is 1. The van der Waals surface area contributed by atoms with Crippen molar-refractivity contribution in [1.29, 1.82) is 0 Å². The van der Waals surface area contributed by atoms with Crippen molar-refractivity contribution in [3.05, 3.63) is 42.6 Å². The number of piperidine rings is 1. The van der Waals surface area contributed by atoms with Crippen molar-refractivity contribution < 1.29 is 0 Å². The summed E-state index contributed by atoms with van der Waals surface area (Å²) in [6.07, 6.45) is 5.74. The van der Waals surface area contributed by atoms with Crippen LogP contribution in [-0.4, -0.2) is 39.1 Å². The van der Waals surface area contributed by atoms with Crippen molar-refractivity contribution in [2.45, 2.75) is 25.8 Å². The first-order valence-corrected chi connectivity index (χ1v) is 8.71. The highest BCUT2D eigenvalue weighted by Gasteiger charge is 2.17. The second-order valence-electron chi connectivity index (χ2n) is 6.43. The van der Waals surface area contributed by atoms with E-state index in [9.17, 15) is 0 Å². The Kier molecular flexibility index (Phi) is 4.17.